The third-order valence-electron chi connectivity index (χ3n) is 4.03. The number of hydrogen-bond acceptors (Lipinski definition) is 4. The molecule has 2 heterocycles. The Bertz CT molecular complexity index is 823. The maximum Gasteiger partial charge on any atom is 0.233 e. The zero-order valence-corrected chi connectivity index (χ0v) is 14.4. The Kier molecular flexibility index (Phi) is 4.87. The van der Waals surface area contributed by atoms with Crippen molar-refractivity contribution >= 4 is 27.3 Å². The van der Waals surface area contributed by atoms with Crippen LogP contribution in [0, 0.1) is 0 Å². The van der Waals surface area contributed by atoms with Crippen molar-refractivity contribution in [1.82, 2.24) is 10.3 Å². The highest BCUT2D eigenvalue weighted by molar-refractivity contribution is 7.91. The lowest BCUT2D eigenvalue weighted by molar-refractivity contribution is -0.122. The number of benzene rings is 1. The molecular formula is C17H17ClN2O3S. The summed E-state index contributed by atoms with van der Waals surface area (Å²) in [6.45, 7) is 0. The number of hydrogen-bond donors (Lipinski definition) is 1. The fraction of sp³-hybridized carbons (Fsp3) is 0.294. The van der Waals surface area contributed by atoms with Gasteiger partial charge in [-0.3, -0.25) is 9.78 Å². The van der Waals surface area contributed by atoms with Gasteiger partial charge in [0.25, 0.3) is 0 Å². The van der Waals surface area contributed by atoms with Crippen LogP contribution in [0.15, 0.2) is 48.7 Å². The van der Waals surface area contributed by atoms with Crippen LogP contribution in [0.2, 0.25) is 5.02 Å². The normalized spacial score (nSPS) is 20.5. The molecule has 2 unspecified atom stereocenters. The molecule has 1 saturated heterocycles. The van der Waals surface area contributed by atoms with E-state index in [1.54, 1.807) is 42.6 Å². The first-order chi connectivity index (χ1) is 11.4. The second kappa shape index (κ2) is 6.91. The summed E-state index contributed by atoms with van der Waals surface area (Å²) < 4.78 is 23.2. The minimum Gasteiger partial charge on any atom is -0.351 e. The van der Waals surface area contributed by atoms with Gasteiger partial charge in [-0.1, -0.05) is 29.8 Å². The topological polar surface area (TPSA) is 76.1 Å². The van der Waals surface area contributed by atoms with Gasteiger partial charge in [0.2, 0.25) is 5.91 Å². The Labute approximate surface area is 146 Å². The molecule has 24 heavy (non-hydrogen) atoms. The molecule has 7 heteroatoms. The zero-order chi connectivity index (χ0) is 17.2. The lowest BCUT2D eigenvalue weighted by Gasteiger charge is -2.19. The zero-order valence-electron chi connectivity index (χ0n) is 12.9. The Morgan fingerprint density at radius 2 is 1.96 bits per heavy atom. The van der Waals surface area contributed by atoms with E-state index in [2.05, 4.69) is 10.3 Å². The van der Waals surface area contributed by atoms with E-state index in [1.165, 1.54) is 0 Å². The van der Waals surface area contributed by atoms with E-state index in [0.717, 1.165) is 5.56 Å². The first kappa shape index (κ1) is 16.9. The summed E-state index contributed by atoms with van der Waals surface area (Å²) in [6, 6.07) is 12.0. The summed E-state index contributed by atoms with van der Waals surface area (Å²) in [7, 11) is -3.05. The second-order valence-electron chi connectivity index (χ2n) is 5.85. The predicted molar refractivity (Wildman–Crippen MR) is 92.7 cm³/mol. The van der Waals surface area contributed by atoms with E-state index in [0.29, 0.717) is 17.1 Å². The molecule has 1 aliphatic rings. The molecule has 1 aliphatic heterocycles. The van der Waals surface area contributed by atoms with Gasteiger partial charge >= 0.3 is 0 Å². The van der Waals surface area contributed by atoms with Crippen molar-refractivity contribution in [2.75, 3.05) is 11.5 Å². The number of carbonyl (C=O) groups excluding carboxylic acids is 1. The number of sulfone groups is 1. The summed E-state index contributed by atoms with van der Waals surface area (Å²) in [4.78, 5) is 17.1. The molecule has 0 saturated carbocycles. The molecule has 2 aromatic rings. The van der Waals surface area contributed by atoms with Crippen molar-refractivity contribution in [3.05, 3.63) is 64.9 Å². The van der Waals surface area contributed by atoms with Gasteiger partial charge in [0.1, 0.15) is 5.92 Å². The van der Waals surface area contributed by atoms with Crippen LogP contribution in [0.4, 0.5) is 0 Å². The quantitative estimate of drug-likeness (QED) is 0.902. The largest absolute Gasteiger partial charge is 0.351 e. The number of rotatable bonds is 4. The molecule has 1 aromatic heterocycles. The van der Waals surface area contributed by atoms with E-state index in [-0.39, 0.29) is 23.5 Å². The standard InChI is InChI=1S/C17H17ClN2O3S/c18-13-6-4-12(5-7-13)16(15-3-1-2-9-19-15)17(21)20-14-8-10-24(22,23)11-14/h1-7,9,14,16H,8,10-11H2,(H,20,21). The molecule has 1 aromatic carbocycles. The van der Waals surface area contributed by atoms with Crippen LogP contribution in [0.25, 0.3) is 0 Å². The molecule has 0 aliphatic carbocycles. The van der Waals surface area contributed by atoms with Crippen molar-refractivity contribution in [2.24, 2.45) is 0 Å². The lowest BCUT2D eigenvalue weighted by atomic mass is 9.94. The summed E-state index contributed by atoms with van der Waals surface area (Å²) in [5.41, 5.74) is 1.37. The van der Waals surface area contributed by atoms with E-state index >= 15 is 0 Å². The molecule has 0 radical (unpaired) electrons. The van der Waals surface area contributed by atoms with E-state index in [1.807, 2.05) is 6.07 Å². The van der Waals surface area contributed by atoms with E-state index in [9.17, 15) is 13.2 Å². The van der Waals surface area contributed by atoms with Crippen molar-refractivity contribution in [2.45, 2.75) is 18.4 Å². The number of nitrogens with one attached hydrogen (secondary N) is 1. The summed E-state index contributed by atoms with van der Waals surface area (Å²) in [5.74, 6) is -0.744. The molecule has 0 bridgehead atoms. The van der Waals surface area contributed by atoms with Gasteiger partial charge in [-0.05, 0) is 36.2 Å². The van der Waals surface area contributed by atoms with Crippen LogP contribution < -0.4 is 5.32 Å². The summed E-state index contributed by atoms with van der Waals surface area (Å²) in [6.07, 6.45) is 2.08. The minimum atomic E-state index is -3.05. The maximum atomic E-state index is 12.8. The molecule has 1 N–H and O–H groups in total. The minimum absolute atomic E-state index is 0.00566. The average molecular weight is 365 g/mol. The molecule has 1 amide bonds. The molecule has 3 rings (SSSR count). The van der Waals surface area contributed by atoms with E-state index < -0.39 is 15.8 Å². The number of amides is 1. The number of nitrogens with zero attached hydrogens (tertiary/aromatic N) is 1. The van der Waals surface area contributed by atoms with Crippen molar-refractivity contribution in [3.8, 4) is 0 Å². The monoisotopic (exact) mass is 364 g/mol. The van der Waals surface area contributed by atoms with Gasteiger partial charge in [0, 0.05) is 17.3 Å². The first-order valence-electron chi connectivity index (χ1n) is 7.62. The summed E-state index contributed by atoms with van der Waals surface area (Å²) >= 11 is 5.93. The Balaban J connectivity index is 1.87. The van der Waals surface area contributed by atoms with Crippen LogP contribution >= 0.6 is 11.6 Å². The lowest BCUT2D eigenvalue weighted by Crippen LogP contribution is -2.39. The molecular weight excluding hydrogens is 348 g/mol. The summed E-state index contributed by atoms with van der Waals surface area (Å²) in [5, 5.41) is 3.44. The smallest absolute Gasteiger partial charge is 0.233 e. The van der Waals surface area contributed by atoms with Gasteiger partial charge in [-0.2, -0.15) is 0 Å². The first-order valence-corrected chi connectivity index (χ1v) is 9.82. The maximum absolute atomic E-state index is 12.8. The molecule has 126 valence electrons. The average Bonchev–Trinajstić information content (AvgIpc) is 2.89. The SMILES string of the molecule is O=C(NC1CCS(=O)(=O)C1)C(c1ccc(Cl)cc1)c1ccccn1. The highest BCUT2D eigenvalue weighted by Crippen LogP contribution is 2.25. The van der Waals surface area contributed by atoms with Crippen LogP contribution in [0.3, 0.4) is 0 Å². The highest BCUT2D eigenvalue weighted by Gasteiger charge is 2.32. The van der Waals surface area contributed by atoms with Gasteiger partial charge in [-0.25, -0.2) is 8.42 Å². The third kappa shape index (κ3) is 3.94. The number of halogens is 1. The second-order valence-corrected chi connectivity index (χ2v) is 8.51. The van der Waals surface area contributed by atoms with Crippen molar-refractivity contribution in [1.29, 1.82) is 0 Å². The van der Waals surface area contributed by atoms with Crippen molar-refractivity contribution in [3.63, 3.8) is 0 Å². The van der Waals surface area contributed by atoms with Crippen molar-refractivity contribution < 1.29 is 13.2 Å². The fourth-order valence-electron chi connectivity index (χ4n) is 2.85. The van der Waals surface area contributed by atoms with Gasteiger partial charge in [0.05, 0.1) is 17.2 Å². The fourth-order valence-corrected chi connectivity index (χ4v) is 4.65. The Morgan fingerprint density at radius 3 is 2.54 bits per heavy atom. The number of aromatic nitrogens is 1. The van der Waals surface area contributed by atoms with Gasteiger partial charge in [0.15, 0.2) is 9.84 Å². The van der Waals surface area contributed by atoms with Gasteiger partial charge in [-0.15, -0.1) is 0 Å². The number of pyridine rings is 1. The highest BCUT2D eigenvalue weighted by atomic mass is 35.5. The van der Waals surface area contributed by atoms with E-state index in [4.69, 9.17) is 11.6 Å². The number of carbonyl (C=O) groups is 1. The van der Waals surface area contributed by atoms with Gasteiger partial charge < -0.3 is 5.32 Å². The molecule has 2 atom stereocenters. The Morgan fingerprint density at radius 1 is 1.21 bits per heavy atom. The molecule has 0 spiro atoms. The van der Waals surface area contributed by atoms with Crippen LogP contribution in [0.5, 0.6) is 0 Å². The van der Waals surface area contributed by atoms with Crippen LogP contribution in [-0.4, -0.2) is 36.9 Å². The Hall–Kier alpha value is -1.92. The van der Waals surface area contributed by atoms with Crippen LogP contribution in [0.1, 0.15) is 23.6 Å². The predicted octanol–water partition coefficient (Wildman–Crippen LogP) is 2.17. The third-order valence-corrected chi connectivity index (χ3v) is 6.05. The molecule has 5 nitrogen and oxygen atoms in total. The molecule has 1 fully saturated rings. The van der Waals surface area contributed by atoms with Crippen LogP contribution in [-0.2, 0) is 14.6 Å².